The quantitative estimate of drug-likeness (QED) is 0.506. The number of benzene rings is 3. The Hall–Kier alpha value is -2.89. The molecule has 5 nitrogen and oxygen atoms in total. The molecule has 1 unspecified atom stereocenters. The average molecular weight is 428 g/mol. The molecule has 2 N–H and O–H groups in total. The van der Waals surface area contributed by atoms with E-state index in [2.05, 4.69) is 5.32 Å². The maximum Gasteiger partial charge on any atom is 0.127 e. The summed E-state index contributed by atoms with van der Waals surface area (Å²) in [6.07, 6.45) is -0.904. The molecule has 6 heteroatoms. The highest BCUT2D eigenvalue weighted by molar-refractivity contribution is 6.30. The van der Waals surface area contributed by atoms with Crippen molar-refractivity contribution in [2.75, 3.05) is 26.6 Å². The number of aliphatic hydroxyl groups is 1. The van der Waals surface area contributed by atoms with Crippen molar-refractivity contribution in [3.8, 4) is 17.2 Å². The maximum atomic E-state index is 11.2. The fourth-order valence-corrected chi connectivity index (χ4v) is 3.63. The van der Waals surface area contributed by atoms with E-state index in [1.165, 1.54) is 0 Å². The fourth-order valence-electron chi connectivity index (χ4n) is 3.45. The van der Waals surface area contributed by atoms with Gasteiger partial charge in [-0.3, -0.25) is 0 Å². The Balaban J connectivity index is 1.92. The lowest BCUT2D eigenvalue weighted by Crippen LogP contribution is -2.09. The molecule has 0 amide bonds. The Labute approximate surface area is 182 Å². The van der Waals surface area contributed by atoms with Gasteiger partial charge in [0, 0.05) is 40.0 Å². The van der Waals surface area contributed by atoms with E-state index in [0.29, 0.717) is 28.4 Å². The summed E-state index contributed by atoms with van der Waals surface area (Å²) in [5.74, 6) is 2.11. The van der Waals surface area contributed by atoms with Gasteiger partial charge in [0.15, 0.2) is 0 Å². The molecular weight excluding hydrogens is 402 g/mol. The summed E-state index contributed by atoms with van der Waals surface area (Å²) in [6, 6.07) is 16.8. The highest BCUT2D eigenvalue weighted by atomic mass is 35.5. The van der Waals surface area contributed by atoms with Crippen LogP contribution in [0.3, 0.4) is 0 Å². The molecule has 158 valence electrons. The van der Waals surface area contributed by atoms with Crippen LogP contribution in [0.25, 0.3) is 0 Å². The molecule has 0 bridgehead atoms. The number of aryl methyl sites for hydroxylation is 1. The molecule has 3 aromatic rings. The zero-order valence-electron chi connectivity index (χ0n) is 17.5. The van der Waals surface area contributed by atoms with Crippen LogP contribution in [0.2, 0.25) is 5.02 Å². The van der Waals surface area contributed by atoms with Gasteiger partial charge in [0.1, 0.15) is 23.4 Å². The minimum Gasteiger partial charge on any atom is -0.497 e. The van der Waals surface area contributed by atoms with E-state index < -0.39 is 6.10 Å². The van der Waals surface area contributed by atoms with Crippen LogP contribution in [0.15, 0.2) is 54.6 Å². The summed E-state index contributed by atoms with van der Waals surface area (Å²) < 4.78 is 16.3. The van der Waals surface area contributed by atoms with Crippen molar-refractivity contribution in [2.45, 2.75) is 19.6 Å². The van der Waals surface area contributed by atoms with Crippen LogP contribution in [-0.4, -0.2) is 26.4 Å². The topological polar surface area (TPSA) is 60.0 Å². The van der Waals surface area contributed by atoms with Crippen LogP contribution in [0.4, 0.5) is 5.69 Å². The second-order valence-electron chi connectivity index (χ2n) is 6.86. The summed E-state index contributed by atoms with van der Waals surface area (Å²) in [7, 11) is 4.85. The highest BCUT2D eigenvalue weighted by Gasteiger charge is 2.20. The van der Waals surface area contributed by atoms with E-state index in [1.807, 2.05) is 49.4 Å². The Morgan fingerprint density at radius 2 is 1.73 bits per heavy atom. The molecule has 0 heterocycles. The Kier molecular flexibility index (Phi) is 7.08. The summed E-state index contributed by atoms with van der Waals surface area (Å²) >= 11 is 6.25. The van der Waals surface area contributed by atoms with Gasteiger partial charge < -0.3 is 24.6 Å². The summed E-state index contributed by atoms with van der Waals surface area (Å²) in [4.78, 5) is 0. The van der Waals surface area contributed by atoms with Gasteiger partial charge in [-0.15, -0.1) is 0 Å². The standard InChI is InChI=1S/C24H26ClNO4/c1-15-6-5-7-19(24(15)30-4)23(27)20-12-17(25)9-11-21(20)26-14-16-8-10-18(28-2)13-22(16)29-3/h5-13,23,26-27H,14H2,1-4H3. The van der Waals surface area contributed by atoms with Gasteiger partial charge in [-0.05, 0) is 42.8 Å². The fraction of sp³-hybridized carbons (Fsp3) is 0.250. The van der Waals surface area contributed by atoms with Crippen LogP contribution in [-0.2, 0) is 6.54 Å². The summed E-state index contributed by atoms with van der Waals surface area (Å²) in [5.41, 5.74) is 4.03. The number of para-hydroxylation sites is 1. The van der Waals surface area contributed by atoms with Crippen LogP contribution in [0.1, 0.15) is 28.4 Å². The number of halogens is 1. The zero-order chi connectivity index (χ0) is 21.7. The molecule has 0 aromatic heterocycles. The van der Waals surface area contributed by atoms with Gasteiger partial charge in [-0.2, -0.15) is 0 Å². The van der Waals surface area contributed by atoms with Crippen LogP contribution < -0.4 is 19.5 Å². The van der Waals surface area contributed by atoms with Gasteiger partial charge in [-0.25, -0.2) is 0 Å². The average Bonchev–Trinajstić information content (AvgIpc) is 2.77. The van der Waals surface area contributed by atoms with E-state index in [0.717, 1.165) is 28.3 Å². The predicted molar refractivity (Wildman–Crippen MR) is 120 cm³/mol. The minimum atomic E-state index is -0.904. The van der Waals surface area contributed by atoms with E-state index in [1.54, 1.807) is 33.5 Å². The summed E-state index contributed by atoms with van der Waals surface area (Å²) in [6.45, 7) is 2.45. The first-order chi connectivity index (χ1) is 14.5. The Morgan fingerprint density at radius 1 is 0.933 bits per heavy atom. The third-order valence-corrected chi connectivity index (χ3v) is 5.25. The second kappa shape index (κ2) is 9.74. The number of hydrogen-bond donors (Lipinski definition) is 2. The molecule has 0 aliphatic carbocycles. The van der Waals surface area contributed by atoms with Crippen LogP contribution in [0, 0.1) is 6.92 Å². The molecule has 0 aliphatic heterocycles. The van der Waals surface area contributed by atoms with Crippen molar-refractivity contribution in [3.05, 3.63) is 81.9 Å². The number of hydrogen-bond acceptors (Lipinski definition) is 5. The molecule has 3 aromatic carbocycles. The van der Waals surface area contributed by atoms with Crippen molar-refractivity contribution in [1.82, 2.24) is 0 Å². The largest absolute Gasteiger partial charge is 0.497 e. The first-order valence-electron chi connectivity index (χ1n) is 9.54. The first-order valence-corrected chi connectivity index (χ1v) is 9.92. The predicted octanol–water partition coefficient (Wildman–Crippen LogP) is 5.37. The molecule has 0 saturated heterocycles. The lowest BCUT2D eigenvalue weighted by atomic mass is 9.97. The van der Waals surface area contributed by atoms with Crippen molar-refractivity contribution in [1.29, 1.82) is 0 Å². The smallest absolute Gasteiger partial charge is 0.127 e. The Morgan fingerprint density at radius 3 is 2.43 bits per heavy atom. The molecule has 0 radical (unpaired) electrons. The van der Waals surface area contributed by atoms with Crippen molar-refractivity contribution in [3.63, 3.8) is 0 Å². The van der Waals surface area contributed by atoms with Crippen LogP contribution >= 0.6 is 11.6 Å². The lowest BCUT2D eigenvalue weighted by molar-refractivity contribution is 0.215. The van der Waals surface area contributed by atoms with E-state index in [9.17, 15) is 5.11 Å². The molecule has 0 aliphatic rings. The first kappa shape index (κ1) is 21.8. The number of nitrogens with one attached hydrogen (secondary N) is 1. The number of methoxy groups -OCH3 is 3. The number of aliphatic hydroxyl groups excluding tert-OH is 1. The monoisotopic (exact) mass is 427 g/mol. The minimum absolute atomic E-state index is 0.499. The molecule has 0 spiro atoms. The second-order valence-corrected chi connectivity index (χ2v) is 7.30. The van der Waals surface area contributed by atoms with Crippen molar-refractivity contribution >= 4 is 17.3 Å². The number of ether oxygens (including phenoxy) is 3. The normalized spacial score (nSPS) is 11.7. The third-order valence-electron chi connectivity index (χ3n) is 5.01. The maximum absolute atomic E-state index is 11.2. The zero-order valence-corrected chi connectivity index (χ0v) is 18.3. The lowest BCUT2D eigenvalue weighted by Gasteiger charge is -2.21. The SMILES string of the molecule is COc1ccc(CNc2ccc(Cl)cc2C(O)c2cccc(C)c2OC)c(OC)c1. The van der Waals surface area contributed by atoms with Crippen molar-refractivity contribution < 1.29 is 19.3 Å². The van der Waals surface area contributed by atoms with E-state index in [-0.39, 0.29) is 0 Å². The number of anilines is 1. The molecule has 3 rings (SSSR count). The molecular formula is C24H26ClNO4. The molecule has 1 atom stereocenters. The van der Waals surface area contributed by atoms with E-state index >= 15 is 0 Å². The molecule has 0 fully saturated rings. The van der Waals surface area contributed by atoms with Gasteiger partial charge in [0.05, 0.1) is 21.3 Å². The van der Waals surface area contributed by atoms with Gasteiger partial charge in [-0.1, -0.05) is 29.8 Å². The van der Waals surface area contributed by atoms with Gasteiger partial charge in [0.25, 0.3) is 0 Å². The van der Waals surface area contributed by atoms with E-state index in [4.69, 9.17) is 25.8 Å². The van der Waals surface area contributed by atoms with Gasteiger partial charge >= 0.3 is 0 Å². The van der Waals surface area contributed by atoms with Crippen molar-refractivity contribution in [2.24, 2.45) is 0 Å². The van der Waals surface area contributed by atoms with Crippen LogP contribution in [0.5, 0.6) is 17.2 Å². The molecule has 30 heavy (non-hydrogen) atoms. The third kappa shape index (κ3) is 4.64. The number of rotatable bonds is 8. The highest BCUT2D eigenvalue weighted by Crippen LogP contribution is 2.37. The van der Waals surface area contributed by atoms with Gasteiger partial charge in [0.2, 0.25) is 0 Å². The molecule has 0 saturated carbocycles. The Bertz CT molecular complexity index is 1020. The summed E-state index contributed by atoms with van der Waals surface area (Å²) in [5, 5.41) is 15.1.